The molecule has 2 fully saturated rings. The summed E-state index contributed by atoms with van der Waals surface area (Å²) in [6, 6.07) is 3.83. The van der Waals surface area contributed by atoms with E-state index in [0.29, 0.717) is 42.8 Å². The molecule has 1 saturated carbocycles. The van der Waals surface area contributed by atoms with Gasteiger partial charge in [-0.2, -0.15) is 13.2 Å². The van der Waals surface area contributed by atoms with E-state index in [9.17, 15) is 17.6 Å². The normalized spacial score (nSPS) is 20.8. The molecule has 1 atom stereocenters. The Labute approximate surface area is 176 Å². The summed E-state index contributed by atoms with van der Waals surface area (Å²) in [7, 11) is 0. The molecule has 1 aliphatic heterocycles. The fourth-order valence-corrected chi connectivity index (χ4v) is 4.88. The van der Waals surface area contributed by atoms with Crippen LogP contribution in [0.3, 0.4) is 0 Å². The SMILES string of the molecule is Fc1ccc2c(c1)nc(C(F)(F)F)c1nc(C3CCCC3)n(CCC3CNCCO3)c12. The number of imidazole rings is 1. The van der Waals surface area contributed by atoms with E-state index in [-0.39, 0.29) is 23.1 Å². The maximum absolute atomic E-state index is 13.9. The van der Waals surface area contributed by atoms with Crippen LogP contribution in [0.4, 0.5) is 17.6 Å². The van der Waals surface area contributed by atoms with Gasteiger partial charge in [-0.3, -0.25) is 0 Å². The molecule has 5 rings (SSSR count). The first kappa shape index (κ1) is 20.6. The molecular formula is C22H24F4N4O. The number of nitrogens with zero attached hydrogens (tertiary/aromatic N) is 3. The van der Waals surface area contributed by atoms with Gasteiger partial charge in [0.25, 0.3) is 0 Å². The van der Waals surface area contributed by atoms with Crippen molar-refractivity contribution in [3.05, 3.63) is 35.5 Å². The highest BCUT2D eigenvalue weighted by atomic mass is 19.4. The van der Waals surface area contributed by atoms with E-state index >= 15 is 0 Å². The van der Waals surface area contributed by atoms with Crippen LogP contribution in [0.25, 0.3) is 21.9 Å². The monoisotopic (exact) mass is 436 g/mol. The second-order valence-electron chi connectivity index (χ2n) is 8.41. The minimum atomic E-state index is -4.68. The second kappa shape index (κ2) is 8.02. The molecular weight excluding hydrogens is 412 g/mol. The van der Waals surface area contributed by atoms with E-state index in [1.807, 2.05) is 4.57 Å². The van der Waals surface area contributed by atoms with Crippen LogP contribution in [0.1, 0.15) is 49.5 Å². The molecule has 31 heavy (non-hydrogen) atoms. The summed E-state index contributed by atoms with van der Waals surface area (Å²) in [5, 5.41) is 3.78. The van der Waals surface area contributed by atoms with E-state index in [2.05, 4.69) is 15.3 Å². The Morgan fingerprint density at radius 3 is 2.68 bits per heavy atom. The van der Waals surface area contributed by atoms with E-state index in [1.54, 1.807) is 0 Å². The summed E-state index contributed by atoms with van der Waals surface area (Å²) in [5.41, 5.74) is -0.803. The molecule has 0 bridgehead atoms. The quantitative estimate of drug-likeness (QED) is 0.598. The molecule has 9 heteroatoms. The third-order valence-electron chi connectivity index (χ3n) is 6.34. The van der Waals surface area contributed by atoms with Crippen LogP contribution in [0.5, 0.6) is 0 Å². The van der Waals surface area contributed by atoms with Crippen LogP contribution in [0.2, 0.25) is 0 Å². The Balaban J connectivity index is 1.71. The summed E-state index contributed by atoms with van der Waals surface area (Å²) >= 11 is 0. The van der Waals surface area contributed by atoms with Gasteiger partial charge in [-0.1, -0.05) is 12.8 Å². The number of alkyl halides is 3. The minimum Gasteiger partial charge on any atom is -0.376 e. The van der Waals surface area contributed by atoms with Crippen LogP contribution in [0.15, 0.2) is 18.2 Å². The van der Waals surface area contributed by atoms with E-state index in [0.717, 1.165) is 38.3 Å². The van der Waals surface area contributed by atoms with Gasteiger partial charge in [0.15, 0.2) is 5.69 Å². The highest BCUT2D eigenvalue weighted by molar-refractivity contribution is 6.03. The number of hydrogen-bond donors (Lipinski definition) is 1. The maximum atomic E-state index is 13.9. The molecule has 5 nitrogen and oxygen atoms in total. The number of hydrogen-bond acceptors (Lipinski definition) is 4. The number of benzene rings is 1. The summed E-state index contributed by atoms with van der Waals surface area (Å²) in [6.45, 7) is 2.62. The van der Waals surface area contributed by atoms with Gasteiger partial charge in [-0.15, -0.1) is 0 Å². The van der Waals surface area contributed by atoms with Gasteiger partial charge in [0.1, 0.15) is 17.2 Å². The standard InChI is InChI=1S/C22H24F4N4O/c23-14-5-6-16-17(11-14)28-20(22(24,25)26)18-19(16)30(9-7-15-12-27-8-10-31-15)21(29-18)13-3-1-2-4-13/h5-6,11,13,15,27H,1-4,7-10,12H2. The fourth-order valence-electron chi connectivity index (χ4n) is 4.88. The van der Waals surface area contributed by atoms with Crippen molar-refractivity contribution in [1.29, 1.82) is 0 Å². The number of rotatable bonds is 4. The number of halogens is 4. The van der Waals surface area contributed by atoms with Gasteiger partial charge in [-0.25, -0.2) is 14.4 Å². The third-order valence-corrected chi connectivity index (χ3v) is 6.34. The molecule has 0 radical (unpaired) electrons. The van der Waals surface area contributed by atoms with Crippen molar-refractivity contribution in [2.45, 2.75) is 56.8 Å². The molecule has 1 saturated heterocycles. The van der Waals surface area contributed by atoms with Gasteiger partial charge in [-0.05, 0) is 31.4 Å². The second-order valence-corrected chi connectivity index (χ2v) is 8.41. The molecule has 1 aromatic carbocycles. The molecule has 2 aromatic heterocycles. The zero-order chi connectivity index (χ0) is 21.6. The fraction of sp³-hybridized carbons (Fsp3) is 0.545. The third kappa shape index (κ3) is 3.89. The number of fused-ring (bicyclic) bond motifs is 3. The first-order chi connectivity index (χ1) is 14.9. The molecule has 3 heterocycles. The lowest BCUT2D eigenvalue weighted by Crippen LogP contribution is -2.39. The predicted molar refractivity (Wildman–Crippen MR) is 108 cm³/mol. The van der Waals surface area contributed by atoms with Gasteiger partial charge < -0.3 is 14.6 Å². The van der Waals surface area contributed by atoms with E-state index in [1.165, 1.54) is 12.1 Å². The van der Waals surface area contributed by atoms with Crippen molar-refractivity contribution in [1.82, 2.24) is 19.9 Å². The lowest BCUT2D eigenvalue weighted by Gasteiger charge is -2.24. The molecule has 1 N–H and O–H groups in total. The average molecular weight is 436 g/mol. The van der Waals surface area contributed by atoms with Crippen LogP contribution in [0, 0.1) is 5.82 Å². The van der Waals surface area contributed by atoms with Crippen molar-refractivity contribution < 1.29 is 22.3 Å². The van der Waals surface area contributed by atoms with E-state index in [4.69, 9.17) is 4.74 Å². The number of aromatic nitrogens is 3. The minimum absolute atomic E-state index is 0.00439. The van der Waals surface area contributed by atoms with Crippen molar-refractivity contribution in [3.8, 4) is 0 Å². The first-order valence-corrected chi connectivity index (χ1v) is 10.8. The Bertz CT molecular complexity index is 1100. The zero-order valence-electron chi connectivity index (χ0n) is 17.0. The summed E-state index contributed by atoms with van der Waals surface area (Å²) in [5.74, 6) is 0.186. The van der Waals surface area contributed by atoms with Crippen molar-refractivity contribution in [2.75, 3.05) is 19.7 Å². The maximum Gasteiger partial charge on any atom is 0.435 e. The average Bonchev–Trinajstić information content (AvgIpc) is 3.39. The first-order valence-electron chi connectivity index (χ1n) is 10.8. The lowest BCUT2D eigenvalue weighted by atomic mass is 10.1. The van der Waals surface area contributed by atoms with Crippen LogP contribution in [-0.4, -0.2) is 40.3 Å². The molecule has 0 spiro atoms. The van der Waals surface area contributed by atoms with E-state index < -0.39 is 17.7 Å². The summed E-state index contributed by atoms with van der Waals surface area (Å²) in [4.78, 5) is 8.32. The van der Waals surface area contributed by atoms with Crippen molar-refractivity contribution in [3.63, 3.8) is 0 Å². The number of nitrogens with one attached hydrogen (secondary N) is 1. The van der Waals surface area contributed by atoms with Gasteiger partial charge in [0.2, 0.25) is 0 Å². The highest BCUT2D eigenvalue weighted by Gasteiger charge is 2.38. The molecule has 2 aliphatic rings. The van der Waals surface area contributed by atoms with Crippen molar-refractivity contribution in [2.24, 2.45) is 0 Å². The summed E-state index contributed by atoms with van der Waals surface area (Å²) in [6.07, 6.45) is -0.126. The summed E-state index contributed by atoms with van der Waals surface area (Å²) < 4.78 is 63.3. The number of aryl methyl sites for hydroxylation is 1. The topological polar surface area (TPSA) is 52.0 Å². The largest absolute Gasteiger partial charge is 0.435 e. The van der Waals surface area contributed by atoms with Crippen molar-refractivity contribution >= 4 is 21.9 Å². The molecule has 166 valence electrons. The predicted octanol–water partition coefficient (Wildman–Crippen LogP) is 4.78. The van der Waals surface area contributed by atoms with Gasteiger partial charge >= 0.3 is 6.18 Å². The molecule has 1 unspecified atom stereocenters. The molecule has 3 aromatic rings. The Morgan fingerprint density at radius 2 is 1.97 bits per heavy atom. The lowest BCUT2D eigenvalue weighted by molar-refractivity contribution is -0.139. The molecule has 0 amide bonds. The van der Waals surface area contributed by atoms with Crippen LogP contribution >= 0.6 is 0 Å². The Hall–Kier alpha value is -2.26. The molecule has 1 aliphatic carbocycles. The number of morpholine rings is 1. The number of pyridine rings is 1. The van der Waals surface area contributed by atoms with Gasteiger partial charge in [0.05, 0.1) is 23.7 Å². The highest BCUT2D eigenvalue weighted by Crippen LogP contribution is 2.41. The zero-order valence-corrected chi connectivity index (χ0v) is 17.0. The van der Waals surface area contributed by atoms with Crippen LogP contribution < -0.4 is 5.32 Å². The Morgan fingerprint density at radius 1 is 1.16 bits per heavy atom. The Kier molecular flexibility index (Phi) is 5.34. The van der Waals surface area contributed by atoms with Crippen LogP contribution in [-0.2, 0) is 17.5 Å². The van der Waals surface area contributed by atoms with Gasteiger partial charge in [0, 0.05) is 37.0 Å². The number of ether oxygens (including phenoxy) is 1. The smallest absolute Gasteiger partial charge is 0.376 e.